The molecule has 0 spiro atoms. The molecule has 0 aliphatic heterocycles. The lowest BCUT2D eigenvalue weighted by atomic mass is 10.1. The van der Waals surface area contributed by atoms with Crippen LogP contribution in [0.15, 0.2) is 97.1 Å². The molecule has 3 aromatic carbocycles. The molecule has 0 heterocycles. The van der Waals surface area contributed by atoms with Gasteiger partial charge in [-0.05, 0) is 53.0 Å². The van der Waals surface area contributed by atoms with Crippen molar-refractivity contribution in [2.45, 2.75) is 6.42 Å². The molecule has 0 unspecified atom stereocenters. The molecule has 0 atom stereocenters. The van der Waals surface area contributed by atoms with Gasteiger partial charge in [-0.25, -0.2) is 4.79 Å². The van der Waals surface area contributed by atoms with E-state index in [1.54, 1.807) is 13.2 Å². The Morgan fingerprint density at radius 2 is 1.35 bits per heavy atom. The Balaban J connectivity index is 1.40. The molecule has 0 radical (unpaired) electrons. The molecule has 0 aromatic heterocycles. The molecule has 0 bridgehead atoms. The first-order chi connectivity index (χ1) is 15.2. The van der Waals surface area contributed by atoms with Crippen molar-refractivity contribution in [3.05, 3.63) is 119 Å². The zero-order valence-electron chi connectivity index (χ0n) is 17.6. The van der Waals surface area contributed by atoms with E-state index in [1.165, 1.54) is 17.2 Å². The molecule has 3 nitrogen and oxygen atoms in total. The lowest BCUT2D eigenvalue weighted by Gasteiger charge is -2.00. The third-order valence-electron chi connectivity index (χ3n) is 4.60. The van der Waals surface area contributed by atoms with Crippen molar-refractivity contribution >= 4 is 24.2 Å². The van der Waals surface area contributed by atoms with Gasteiger partial charge in [-0.2, -0.15) is 0 Å². The number of carbonyl (C=O) groups excluding carboxylic acids is 1. The van der Waals surface area contributed by atoms with Crippen molar-refractivity contribution in [3.8, 4) is 5.75 Å². The highest BCUT2D eigenvalue weighted by Crippen LogP contribution is 2.12. The highest BCUT2D eigenvalue weighted by atomic mass is 16.5. The number of esters is 1. The summed E-state index contributed by atoms with van der Waals surface area (Å²) in [5, 5.41) is 0. The largest absolute Gasteiger partial charge is 0.497 e. The number of carbonyl (C=O) groups is 1. The smallest absolute Gasteiger partial charge is 0.331 e. The van der Waals surface area contributed by atoms with E-state index in [1.807, 2.05) is 54.6 Å². The monoisotopic (exact) mass is 410 g/mol. The fraction of sp³-hybridized carbons (Fsp3) is 0.107. The Bertz CT molecular complexity index is 1030. The Labute approximate surface area is 184 Å². The highest BCUT2D eigenvalue weighted by Gasteiger charge is 1.96. The van der Waals surface area contributed by atoms with Crippen LogP contribution in [0.1, 0.15) is 22.3 Å². The predicted octanol–water partition coefficient (Wildman–Crippen LogP) is 6.22. The number of methoxy groups -OCH3 is 1. The summed E-state index contributed by atoms with van der Waals surface area (Å²) in [6.45, 7) is 0.230. The van der Waals surface area contributed by atoms with Crippen molar-refractivity contribution in [3.63, 3.8) is 0 Å². The third kappa shape index (κ3) is 7.82. The minimum absolute atomic E-state index is 0.230. The van der Waals surface area contributed by atoms with E-state index in [4.69, 9.17) is 9.47 Å². The van der Waals surface area contributed by atoms with Gasteiger partial charge in [-0.3, -0.25) is 0 Å². The first-order valence-electron chi connectivity index (χ1n) is 10.2. The van der Waals surface area contributed by atoms with Gasteiger partial charge in [0, 0.05) is 6.08 Å². The van der Waals surface area contributed by atoms with Crippen molar-refractivity contribution in [2.75, 3.05) is 13.7 Å². The number of hydrogen-bond donors (Lipinski definition) is 0. The minimum atomic E-state index is -0.374. The van der Waals surface area contributed by atoms with Crippen LogP contribution in [0.5, 0.6) is 5.75 Å². The van der Waals surface area contributed by atoms with E-state index in [2.05, 4.69) is 48.6 Å². The second-order valence-electron chi connectivity index (χ2n) is 6.90. The third-order valence-corrected chi connectivity index (χ3v) is 4.60. The van der Waals surface area contributed by atoms with Gasteiger partial charge in [0.2, 0.25) is 0 Å². The molecular formula is C28H26O3. The number of ether oxygens (including phenoxy) is 2. The van der Waals surface area contributed by atoms with Crippen LogP contribution in [-0.2, 0) is 16.0 Å². The van der Waals surface area contributed by atoms with E-state index in [0.717, 1.165) is 23.3 Å². The van der Waals surface area contributed by atoms with E-state index < -0.39 is 0 Å². The molecule has 156 valence electrons. The van der Waals surface area contributed by atoms with E-state index in [9.17, 15) is 4.79 Å². The number of benzene rings is 3. The van der Waals surface area contributed by atoms with E-state index in [0.29, 0.717) is 0 Å². The summed E-state index contributed by atoms with van der Waals surface area (Å²) < 4.78 is 10.3. The van der Waals surface area contributed by atoms with E-state index in [-0.39, 0.29) is 12.6 Å². The second-order valence-corrected chi connectivity index (χ2v) is 6.90. The average molecular weight is 411 g/mol. The van der Waals surface area contributed by atoms with Crippen LogP contribution in [0.2, 0.25) is 0 Å². The van der Waals surface area contributed by atoms with Crippen LogP contribution in [0.3, 0.4) is 0 Å². The van der Waals surface area contributed by atoms with Crippen molar-refractivity contribution in [2.24, 2.45) is 0 Å². The maximum absolute atomic E-state index is 11.8. The fourth-order valence-electron chi connectivity index (χ4n) is 2.90. The van der Waals surface area contributed by atoms with Gasteiger partial charge in [0.25, 0.3) is 0 Å². The second kappa shape index (κ2) is 12.0. The molecule has 0 N–H and O–H groups in total. The molecule has 31 heavy (non-hydrogen) atoms. The Hall–Kier alpha value is -3.85. The summed E-state index contributed by atoms with van der Waals surface area (Å²) in [5.41, 5.74) is 4.43. The van der Waals surface area contributed by atoms with Gasteiger partial charge in [0.05, 0.1) is 7.11 Å². The first-order valence-corrected chi connectivity index (χ1v) is 10.2. The molecule has 0 aliphatic carbocycles. The Kier molecular flexibility index (Phi) is 8.45. The highest BCUT2D eigenvalue weighted by molar-refractivity contribution is 5.87. The molecule has 0 aliphatic rings. The zero-order valence-corrected chi connectivity index (χ0v) is 17.6. The van der Waals surface area contributed by atoms with E-state index >= 15 is 0 Å². The summed E-state index contributed by atoms with van der Waals surface area (Å²) in [4.78, 5) is 11.8. The molecule has 3 heteroatoms. The van der Waals surface area contributed by atoms with Gasteiger partial charge in [-0.1, -0.05) is 85.0 Å². The van der Waals surface area contributed by atoms with Gasteiger partial charge < -0.3 is 9.47 Å². The minimum Gasteiger partial charge on any atom is -0.497 e. The summed E-state index contributed by atoms with van der Waals surface area (Å²) in [6, 6.07) is 26.1. The lowest BCUT2D eigenvalue weighted by molar-refractivity contribution is -0.136. The predicted molar refractivity (Wildman–Crippen MR) is 128 cm³/mol. The molecule has 3 rings (SSSR count). The molecule has 0 fully saturated rings. The van der Waals surface area contributed by atoms with Gasteiger partial charge in [-0.15, -0.1) is 0 Å². The lowest BCUT2D eigenvalue weighted by Crippen LogP contribution is -1.99. The molecule has 3 aromatic rings. The molecular weight excluding hydrogens is 384 g/mol. The van der Waals surface area contributed by atoms with Crippen LogP contribution in [0.25, 0.3) is 18.2 Å². The van der Waals surface area contributed by atoms with Crippen LogP contribution >= 0.6 is 0 Å². The normalized spacial score (nSPS) is 11.4. The quantitative estimate of drug-likeness (QED) is 0.310. The standard InChI is InChI=1S/C28H26O3/c1-30-27-19-16-26(17-20-27)18-21-28(29)31-22-6-11-25-14-12-24(13-15-25)10-5-9-23-7-3-2-4-8-23/h2-9,11-21H,10,22H2,1H3/b9-5+,11-6+,21-18+. The maximum Gasteiger partial charge on any atom is 0.331 e. The topological polar surface area (TPSA) is 35.5 Å². The Morgan fingerprint density at radius 3 is 2.06 bits per heavy atom. The van der Waals surface area contributed by atoms with Crippen molar-refractivity contribution < 1.29 is 14.3 Å². The maximum atomic E-state index is 11.8. The molecule has 0 saturated heterocycles. The van der Waals surface area contributed by atoms with Gasteiger partial charge >= 0.3 is 5.97 Å². The first kappa shape index (κ1) is 21.8. The number of allylic oxidation sites excluding steroid dienone is 1. The molecule has 0 amide bonds. The SMILES string of the molecule is COc1ccc(/C=C/C(=O)OC/C=C/c2ccc(C/C=C/c3ccccc3)cc2)cc1. The van der Waals surface area contributed by atoms with Crippen molar-refractivity contribution in [1.82, 2.24) is 0 Å². The fourth-order valence-corrected chi connectivity index (χ4v) is 2.90. The van der Waals surface area contributed by atoms with Gasteiger partial charge in [0.1, 0.15) is 12.4 Å². The summed E-state index contributed by atoms with van der Waals surface area (Å²) in [6.07, 6.45) is 12.1. The summed E-state index contributed by atoms with van der Waals surface area (Å²) >= 11 is 0. The van der Waals surface area contributed by atoms with Gasteiger partial charge in [0.15, 0.2) is 0 Å². The molecule has 0 saturated carbocycles. The summed E-state index contributed by atoms with van der Waals surface area (Å²) in [5.74, 6) is 0.405. The number of rotatable bonds is 9. The van der Waals surface area contributed by atoms with Crippen LogP contribution in [0.4, 0.5) is 0 Å². The van der Waals surface area contributed by atoms with Crippen LogP contribution in [-0.4, -0.2) is 19.7 Å². The van der Waals surface area contributed by atoms with Crippen LogP contribution < -0.4 is 4.74 Å². The average Bonchev–Trinajstić information content (AvgIpc) is 2.82. The van der Waals surface area contributed by atoms with Crippen molar-refractivity contribution in [1.29, 1.82) is 0 Å². The summed E-state index contributed by atoms with van der Waals surface area (Å²) in [7, 11) is 1.62. The number of hydrogen-bond acceptors (Lipinski definition) is 3. The Morgan fingerprint density at radius 1 is 0.742 bits per heavy atom. The van der Waals surface area contributed by atoms with Crippen LogP contribution in [0, 0.1) is 0 Å². The zero-order chi connectivity index (χ0) is 21.7.